The van der Waals surface area contributed by atoms with Crippen LogP contribution in [0.25, 0.3) is 0 Å². The second kappa shape index (κ2) is 12.1. The molecule has 0 saturated heterocycles. The van der Waals surface area contributed by atoms with Gasteiger partial charge in [-0.1, -0.05) is 23.4 Å². The Kier molecular flexibility index (Phi) is 8.61. The second-order valence-corrected chi connectivity index (χ2v) is 10.5. The molecule has 1 aromatic heterocycles. The molecule has 0 saturated carbocycles. The minimum Gasteiger partial charge on any atom is -0.497 e. The number of aryl methyl sites for hydroxylation is 1. The number of nitrogens with zero attached hydrogens (tertiary/aromatic N) is 2. The Balaban J connectivity index is 1.64. The van der Waals surface area contributed by atoms with Crippen molar-refractivity contribution in [2.75, 3.05) is 19.2 Å². The Labute approximate surface area is 232 Å². The lowest BCUT2D eigenvalue weighted by Crippen LogP contribution is -2.49. The molecule has 0 fully saturated rings. The summed E-state index contributed by atoms with van der Waals surface area (Å²) < 4.78 is 21.2. The van der Waals surface area contributed by atoms with Crippen LogP contribution in [0.4, 0.5) is 5.82 Å². The number of rotatable bonds is 10. The van der Waals surface area contributed by atoms with Crippen LogP contribution >= 0.6 is 0 Å². The van der Waals surface area contributed by atoms with E-state index in [4.69, 9.17) is 18.7 Å². The molecule has 0 aliphatic carbocycles. The normalized spacial score (nSPS) is 12.9. The highest BCUT2D eigenvalue weighted by Crippen LogP contribution is 2.34. The molecule has 40 heavy (non-hydrogen) atoms. The fourth-order valence-corrected chi connectivity index (χ4v) is 4.25. The van der Waals surface area contributed by atoms with Gasteiger partial charge < -0.3 is 34.3 Å². The summed E-state index contributed by atoms with van der Waals surface area (Å²) in [6, 6.07) is 13.0. The zero-order chi connectivity index (χ0) is 28.9. The fourth-order valence-electron chi connectivity index (χ4n) is 4.25. The van der Waals surface area contributed by atoms with Crippen LogP contribution in [-0.2, 0) is 20.9 Å². The van der Waals surface area contributed by atoms with Crippen LogP contribution in [0.3, 0.4) is 0 Å². The van der Waals surface area contributed by atoms with Gasteiger partial charge in [-0.25, -0.2) is 0 Å². The van der Waals surface area contributed by atoms with Gasteiger partial charge in [0.1, 0.15) is 17.6 Å². The lowest BCUT2D eigenvalue weighted by molar-refractivity contribution is -0.142. The van der Waals surface area contributed by atoms with Gasteiger partial charge in [-0.15, -0.1) is 0 Å². The standard InChI is InChI=1S/C29H34N4O7/c1-18-14-24(32-40-18)30-25(34)12-13-26(35)33(16-19-6-11-22-23(15-19)39-17-38-22)27(28(36)31-29(2,3)4)20-7-9-21(37-5)10-8-20/h6-11,14-15,27H,12-13,16-17H2,1-5H3,(H,31,36)(H,30,32,34). The molecule has 1 unspecified atom stereocenters. The Bertz CT molecular complexity index is 1360. The molecule has 2 aromatic carbocycles. The van der Waals surface area contributed by atoms with E-state index in [1.807, 2.05) is 26.8 Å². The molecule has 2 heterocycles. The molecule has 2 N–H and O–H groups in total. The van der Waals surface area contributed by atoms with E-state index in [2.05, 4.69) is 15.8 Å². The van der Waals surface area contributed by atoms with Crippen LogP contribution in [0.5, 0.6) is 17.2 Å². The highest BCUT2D eigenvalue weighted by atomic mass is 16.7. The predicted molar refractivity (Wildman–Crippen MR) is 146 cm³/mol. The Morgan fingerprint density at radius 1 is 1.02 bits per heavy atom. The van der Waals surface area contributed by atoms with Crippen LogP contribution in [0.2, 0.25) is 0 Å². The maximum Gasteiger partial charge on any atom is 0.247 e. The number of ether oxygens (including phenoxy) is 3. The number of amides is 3. The second-order valence-electron chi connectivity index (χ2n) is 10.5. The van der Waals surface area contributed by atoms with Gasteiger partial charge in [0.15, 0.2) is 17.3 Å². The SMILES string of the molecule is COc1ccc(C(C(=O)NC(C)(C)C)N(Cc2ccc3c(c2)OCO3)C(=O)CCC(=O)Nc2cc(C)on2)cc1. The van der Waals surface area contributed by atoms with Crippen LogP contribution in [0, 0.1) is 6.92 Å². The van der Waals surface area contributed by atoms with Crippen molar-refractivity contribution in [1.29, 1.82) is 0 Å². The first-order valence-electron chi connectivity index (χ1n) is 12.9. The molecule has 1 aliphatic heterocycles. The highest BCUT2D eigenvalue weighted by Gasteiger charge is 2.34. The maximum absolute atomic E-state index is 13.8. The number of nitrogens with one attached hydrogen (secondary N) is 2. The molecule has 1 atom stereocenters. The van der Waals surface area contributed by atoms with Gasteiger partial charge in [0.05, 0.1) is 7.11 Å². The van der Waals surface area contributed by atoms with Gasteiger partial charge in [-0.05, 0) is 63.1 Å². The average molecular weight is 551 g/mol. The fraction of sp³-hybridized carbons (Fsp3) is 0.379. The Morgan fingerprint density at radius 3 is 2.40 bits per heavy atom. The van der Waals surface area contributed by atoms with Crippen molar-refractivity contribution in [3.05, 3.63) is 65.4 Å². The van der Waals surface area contributed by atoms with Gasteiger partial charge in [-0.2, -0.15) is 0 Å². The number of hydrogen-bond acceptors (Lipinski definition) is 8. The van der Waals surface area contributed by atoms with Gasteiger partial charge in [0.25, 0.3) is 0 Å². The first-order valence-corrected chi connectivity index (χ1v) is 12.9. The van der Waals surface area contributed by atoms with E-state index in [1.54, 1.807) is 56.5 Å². The van der Waals surface area contributed by atoms with Crippen molar-refractivity contribution in [2.24, 2.45) is 0 Å². The molecular formula is C29H34N4O7. The van der Waals surface area contributed by atoms with E-state index in [0.29, 0.717) is 28.6 Å². The summed E-state index contributed by atoms with van der Waals surface area (Å²) in [4.78, 5) is 41.6. The van der Waals surface area contributed by atoms with E-state index >= 15 is 0 Å². The van der Waals surface area contributed by atoms with E-state index in [9.17, 15) is 14.4 Å². The number of methoxy groups -OCH3 is 1. The smallest absolute Gasteiger partial charge is 0.247 e. The van der Waals surface area contributed by atoms with Crippen LogP contribution < -0.4 is 24.8 Å². The molecule has 11 heteroatoms. The predicted octanol–water partition coefficient (Wildman–Crippen LogP) is 4.12. The van der Waals surface area contributed by atoms with Crippen molar-refractivity contribution in [2.45, 2.75) is 58.7 Å². The summed E-state index contributed by atoms with van der Waals surface area (Å²) in [5.74, 6) is 1.48. The Hall–Kier alpha value is -4.54. The van der Waals surface area contributed by atoms with Crippen molar-refractivity contribution in [3.63, 3.8) is 0 Å². The van der Waals surface area contributed by atoms with Crippen molar-refractivity contribution in [3.8, 4) is 17.2 Å². The maximum atomic E-state index is 13.8. The lowest BCUT2D eigenvalue weighted by Gasteiger charge is -2.34. The van der Waals surface area contributed by atoms with Crippen LogP contribution in [0.15, 0.2) is 53.1 Å². The molecule has 11 nitrogen and oxygen atoms in total. The third kappa shape index (κ3) is 7.31. The minimum absolute atomic E-state index is 0.0911. The van der Waals surface area contributed by atoms with E-state index in [-0.39, 0.29) is 43.8 Å². The molecule has 3 amide bonds. The summed E-state index contributed by atoms with van der Waals surface area (Å²) in [5.41, 5.74) is 0.784. The van der Waals surface area contributed by atoms with Gasteiger partial charge >= 0.3 is 0 Å². The summed E-state index contributed by atoms with van der Waals surface area (Å²) in [7, 11) is 1.56. The number of carbonyl (C=O) groups is 3. The summed E-state index contributed by atoms with van der Waals surface area (Å²) in [6.07, 6.45) is -0.249. The van der Waals surface area contributed by atoms with Gasteiger partial charge in [0, 0.05) is 31.0 Å². The number of anilines is 1. The minimum atomic E-state index is -0.982. The molecule has 212 valence electrons. The lowest BCUT2D eigenvalue weighted by atomic mass is 10.00. The van der Waals surface area contributed by atoms with E-state index in [1.165, 1.54) is 4.90 Å². The summed E-state index contributed by atoms with van der Waals surface area (Å²) in [6.45, 7) is 7.53. The van der Waals surface area contributed by atoms with E-state index < -0.39 is 17.5 Å². The molecule has 3 aromatic rings. The first kappa shape index (κ1) is 28.5. The number of fused-ring (bicyclic) bond motifs is 1. The summed E-state index contributed by atoms with van der Waals surface area (Å²) >= 11 is 0. The zero-order valence-electron chi connectivity index (χ0n) is 23.3. The molecule has 0 bridgehead atoms. The topological polar surface area (TPSA) is 132 Å². The number of carbonyl (C=O) groups excluding carboxylic acids is 3. The Morgan fingerprint density at radius 2 is 1.75 bits per heavy atom. The van der Waals surface area contributed by atoms with E-state index in [0.717, 1.165) is 5.56 Å². The average Bonchev–Trinajstić information content (AvgIpc) is 3.54. The van der Waals surface area contributed by atoms with Crippen molar-refractivity contribution in [1.82, 2.24) is 15.4 Å². The van der Waals surface area contributed by atoms with Crippen molar-refractivity contribution >= 4 is 23.5 Å². The zero-order valence-corrected chi connectivity index (χ0v) is 23.3. The molecule has 0 spiro atoms. The van der Waals surface area contributed by atoms with Gasteiger partial charge in [0.2, 0.25) is 24.5 Å². The summed E-state index contributed by atoms with van der Waals surface area (Å²) in [5, 5.41) is 9.38. The molecule has 4 rings (SSSR count). The molecular weight excluding hydrogens is 516 g/mol. The quantitative estimate of drug-likeness (QED) is 0.385. The van der Waals surface area contributed by atoms with Gasteiger partial charge in [-0.3, -0.25) is 14.4 Å². The largest absolute Gasteiger partial charge is 0.497 e. The molecule has 1 aliphatic rings. The number of aromatic nitrogens is 1. The third-order valence-corrected chi connectivity index (χ3v) is 6.06. The third-order valence-electron chi connectivity index (χ3n) is 6.06. The highest BCUT2D eigenvalue weighted by molar-refractivity contribution is 5.94. The molecule has 0 radical (unpaired) electrons. The van der Waals surface area contributed by atoms with Crippen molar-refractivity contribution < 1.29 is 33.1 Å². The van der Waals surface area contributed by atoms with Crippen LogP contribution in [-0.4, -0.2) is 47.2 Å². The number of hydrogen-bond donors (Lipinski definition) is 2. The first-order chi connectivity index (χ1) is 19.0. The number of benzene rings is 2. The van der Waals surface area contributed by atoms with Crippen LogP contribution in [0.1, 0.15) is 56.5 Å². The monoisotopic (exact) mass is 550 g/mol.